The number of fused-ring (bicyclic) bond motifs is 3. The van der Waals surface area contributed by atoms with Crippen molar-refractivity contribution in [2.45, 2.75) is 56.6 Å². The third-order valence-corrected chi connectivity index (χ3v) is 5.75. The van der Waals surface area contributed by atoms with Gasteiger partial charge in [-0.2, -0.15) is 0 Å². The van der Waals surface area contributed by atoms with Crippen LogP contribution in [0.15, 0.2) is 29.2 Å². The van der Waals surface area contributed by atoms with Gasteiger partial charge in [-0.05, 0) is 18.9 Å². The summed E-state index contributed by atoms with van der Waals surface area (Å²) in [6.45, 7) is 4.92. The zero-order chi connectivity index (χ0) is 14.2. The largest absolute Gasteiger partial charge is 0.364 e. The van der Waals surface area contributed by atoms with E-state index in [9.17, 15) is 4.21 Å². The Morgan fingerprint density at radius 1 is 1.35 bits per heavy atom. The number of ether oxygens (including phenoxy) is 1. The second-order valence-electron chi connectivity index (χ2n) is 5.83. The van der Waals surface area contributed by atoms with Gasteiger partial charge in [0.05, 0.1) is 17.6 Å². The van der Waals surface area contributed by atoms with Crippen LogP contribution in [-0.2, 0) is 20.0 Å². The molecule has 0 spiro atoms. The maximum Gasteiger partial charge on any atom is 0.189 e. The highest BCUT2D eigenvalue weighted by atomic mass is 32.2. The minimum Gasteiger partial charge on any atom is -0.364 e. The number of unbranched alkanes of at least 4 members (excludes halogenated alkanes) is 1. The minimum atomic E-state index is -1.37. The van der Waals surface area contributed by atoms with Crippen LogP contribution in [0.5, 0.6) is 0 Å². The fourth-order valence-corrected chi connectivity index (χ4v) is 4.26. The van der Waals surface area contributed by atoms with Gasteiger partial charge in [-0.25, -0.2) is 4.21 Å². The summed E-state index contributed by atoms with van der Waals surface area (Å²) in [6, 6.07) is 7.79. The molecule has 3 rings (SSSR count). The Kier molecular flexibility index (Phi) is 3.98. The molecule has 3 nitrogen and oxygen atoms in total. The number of benzene rings is 1. The van der Waals surface area contributed by atoms with Gasteiger partial charge in [0, 0.05) is 11.0 Å². The molecule has 1 unspecified atom stereocenters. The van der Waals surface area contributed by atoms with Gasteiger partial charge in [0.2, 0.25) is 0 Å². The SMILES string of the molecule is CCCC[C@]1(CC)COS(=O)c2ccccc2[C@@H]2O[C@@H]21. The Morgan fingerprint density at radius 2 is 2.15 bits per heavy atom. The fraction of sp³-hybridized carbons (Fsp3) is 0.625. The molecule has 0 saturated carbocycles. The molecular formula is C16H22O3S. The predicted molar refractivity (Wildman–Crippen MR) is 78.7 cm³/mol. The Hall–Kier alpha value is -0.710. The third kappa shape index (κ3) is 2.34. The third-order valence-electron chi connectivity index (χ3n) is 4.69. The van der Waals surface area contributed by atoms with Gasteiger partial charge in [-0.1, -0.05) is 44.9 Å². The summed E-state index contributed by atoms with van der Waals surface area (Å²) in [7, 11) is 0. The van der Waals surface area contributed by atoms with E-state index < -0.39 is 11.1 Å². The molecule has 1 fully saturated rings. The Balaban J connectivity index is 1.93. The topological polar surface area (TPSA) is 38.8 Å². The van der Waals surface area contributed by atoms with Gasteiger partial charge in [0.1, 0.15) is 6.10 Å². The molecule has 1 aromatic rings. The van der Waals surface area contributed by atoms with Crippen molar-refractivity contribution in [3.63, 3.8) is 0 Å². The smallest absolute Gasteiger partial charge is 0.189 e. The zero-order valence-corrected chi connectivity index (χ0v) is 12.9. The molecule has 0 bridgehead atoms. The zero-order valence-electron chi connectivity index (χ0n) is 12.1. The molecule has 4 heteroatoms. The van der Waals surface area contributed by atoms with E-state index >= 15 is 0 Å². The molecule has 2 heterocycles. The minimum absolute atomic E-state index is 0.0177. The van der Waals surface area contributed by atoms with Crippen LogP contribution < -0.4 is 0 Å². The van der Waals surface area contributed by atoms with Crippen molar-refractivity contribution in [3.05, 3.63) is 29.8 Å². The van der Waals surface area contributed by atoms with Crippen LogP contribution in [0.1, 0.15) is 51.2 Å². The Bertz CT molecular complexity index is 516. The quantitative estimate of drug-likeness (QED) is 0.794. The lowest BCUT2D eigenvalue weighted by Gasteiger charge is -2.32. The highest BCUT2D eigenvalue weighted by molar-refractivity contribution is 7.80. The average Bonchev–Trinajstić information content (AvgIpc) is 3.27. The number of rotatable bonds is 4. The maximum atomic E-state index is 12.3. The normalized spacial score (nSPS) is 35.6. The van der Waals surface area contributed by atoms with E-state index in [-0.39, 0.29) is 17.6 Å². The van der Waals surface area contributed by atoms with E-state index in [2.05, 4.69) is 13.8 Å². The van der Waals surface area contributed by atoms with E-state index in [4.69, 9.17) is 8.92 Å². The summed E-state index contributed by atoms with van der Waals surface area (Å²) in [6.07, 6.45) is 4.75. The first kappa shape index (κ1) is 14.2. The first-order valence-electron chi connectivity index (χ1n) is 7.51. The van der Waals surface area contributed by atoms with Crippen molar-refractivity contribution in [3.8, 4) is 0 Å². The average molecular weight is 294 g/mol. The summed E-state index contributed by atoms with van der Waals surface area (Å²) in [5, 5.41) is 0. The van der Waals surface area contributed by atoms with Crippen LogP contribution in [0.2, 0.25) is 0 Å². The van der Waals surface area contributed by atoms with Crippen LogP contribution >= 0.6 is 0 Å². The lowest BCUT2D eigenvalue weighted by molar-refractivity contribution is 0.0958. The standard InChI is InChI=1S/C16H22O3S/c1-3-5-10-16(4-2)11-18-20(17)13-9-7-6-8-12(13)14-15(16)19-14/h6-9,14-15H,3-5,10-11H2,1-2H3/t14-,15-,16+,20?/m0/s1. The van der Waals surface area contributed by atoms with Crippen LogP contribution in [0.4, 0.5) is 0 Å². The fourth-order valence-electron chi connectivity index (χ4n) is 3.22. The maximum absolute atomic E-state index is 12.3. The summed E-state index contributed by atoms with van der Waals surface area (Å²) in [5.41, 5.74) is 1.06. The molecule has 0 aromatic heterocycles. The molecule has 4 atom stereocenters. The molecule has 2 aliphatic rings. The molecule has 110 valence electrons. The molecule has 0 N–H and O–H groups in total. The summed E-state index contributed by atoms with van der Waals surface area (Å²) in [4.78, 5) is 0.778. The second-order valence-corrected chi connectivity index (χ2v) is 6.98. The molecule has 0 aliphatic carbocycles. The predicted octanol–water partition coefficient (Wildman–Crippen LogP) is 3.77. The Morgan fingerprint density at radius 3 is 2.90 bits per heavy atom. The summed E-state index contributed by atoms with van der Waals surface area (Å²) < 4.78 is 24.0. The van der Waals surface area contributed by atoms with Gasteiger partial charge in [-0.15, -0.1) is 0 Å². The van der Waals surface area contributed by atoms with Gasteiger partial charge < -0.3 is 4.74 Å². The van der Waals surface area contributed by atoms with Crippen molar-refractivity contribution in [2.24, 2.45) is 5.41 Å². The van der Waals surface area contributed by atoms with Gasteiger partial charge in [0.25, 0.3) is 0 Å². The van der Waals surface area contributed by atoms with Crippen molar-refractivity contribution >= 4 is 11.1 Å². The van der Waals surface area contributed by atoms with Crippen LogP contribution in [0.3, 0.4) is 0 Å². The summed E-state index contributed by atoms with van der Waals surface area (Å²) >= 11 is -1.37. The lowest BCUT2D eigenvalue weighted by Crippen LogP contribution is -2.34. The first-order valence-corrected chi connectivity index (χ1v) is 8.59. The molecular weight excluding hydrogens is 272 g/mol. The monoisotopic (exact) mass is 294 g/mol. The molecule has 0 amide bonds. The number of hydrogen-bond acceptors (Lipinski definition) is 3. The van der Waals surface area contributed by atoms with Crippen molar-refractivity contribution < 1.29 is 13.1 Å². The highest BCUT2D eigenvalue weighted by Crippen LogP contribution is 2.55. The van der Waals surface area contributed by atoms with E-state index in [0.717, 1.165) is 29.7 Å². The van der Waals surface area contributed by atoms with E-state index in [1.807, 2.05) is 24.3 Å². The van der Waals surface area contributed by atoms with E-state index in [0.29, 0.717) is 6.61 Å². The van der Waals surface area contributed by atoms with Crippen molar-refractivity contribution in [2.75, 3.05) is 6.61 Å². The van der Waals surface area contributed by atoms with Crippen LogP contribution in [-0.4, -0.2) is 16.9 Å². The summed E-state index contributed by atoms with van der Waals surface area (Å²) in [5.74, 6) is 0. The number of epoxide rings is 1. The molecule has 1 aromatic carbocycles. The highest BCUT2D eigenvalue weighted by Gasteiger charge is 2.56. The number of hydrogen-bond donors (Lipinski definition) is 0. The molecule has 0 radical (unpaired) electrons. The van der Waals surface area contributed by atoms with Gasteiger partial charge >= 0.3 is 0 Å². The van der Waals surface area contributed by atoms with Crippen molar-refractivity contribution in [1.82, 2.24) is 0 Å². The van der Waals surface area contributed by atoms with E-state index in [1.54, 1.807) is 0 Å². The van der Waals surface area contributed by atoms with Crippen LogP contribution in [0, 0.1) is 5.41 Å². The Labute approximate surface area is 123 Å². The van der Waals surface area contributed by atoms with Crippen molar-refractivity contribution in [1.29, 1.82) is 0 Å². The van der Waals surface area contributed by atoms with Gasteiger partial charge in [-0.3, -0.25) is 4.18 Å². The molecule has 20 heavy (non-hydrogen) atoms. The second kappa shape index (κ2) is 5.58. The first-order chi connectivity index (χ1) is 9.72. The van der Waals surface area contributed by atoms with E-state index in [1.165, 1.54) is 6.42 Å². The molecule has 1 saturated heterocycles. The lowest BCUT2D eigenvalue weighted by atomic mass is 9.76. The molecule has 2 aliphatic heterocycles. The van der Waals surface area contributed by atoms with Gasteiger partial charge in [0.15, 0.2) is 11.1 Å². The van der Waals surface area contributed by atoms with Crippen LogP contribution in [0.25, 0.3) is 0 Å².